The summed E-state index contributed by atoms with van der Waals surface area (Å²) in [5.41, 5.74) is -12.6. The third kappa shape index (κ3) is 24.9. The first kappa shape index (κ1) is 102. The lowest BCUT2D eigenvalue weighted by Gasteiger charge is -2.40. The maximum atomic E-state index is 15.0. The summed E-state index contributed by atoms with van der Waals surface area (Å²) in [6.45, 7) is 28.2. The minimum Gasteiger partial charge on any atom is -0.455 e. The van der Waals surface area contributed by atoms with E-state index in [0.717, 1.165) is 19.6 Å². The quantitative estimate of drug-likeness (QED) is 0.0257. The zero-order valence-corrected chi connectivity index (χ0v) is 72.5. The number of likely N-dealkylation sites (tertiary alicyclic amines) is 4. The van der Waals surface area contributed by atoms with Crippen LogP contribution in [0.2, 0.25) is 0 Å². The molecular formula is C79H136N14O25. The second-order valence-electron chi connectivity index (χ2n) is 35.3. The molecule has 118 heavy (non-hydrogen) atoms. The van der Waals surface area contributed by atoms with Crippen LogP contribution >= 0.6 is 0 Å². The van der Waals surface area contributed by atoms with Crippen molar-refractivity contribution >= 4 is 88.7 Å². The van der Waals surface area contributed by atoms with Crippen LogP contribution in [0.5, 0.6) is 0 Å². The van der Waals surface area contributed by atoms with Crippen molar-refractivity contribution < 1.29 is 123 Å². The van der Waals surface area contributed by atoms with Crippen LogP contribution in [0.4, 0.5) is 0 Å². The topological polar surface area (TPSA) is 581 Å². The summed E-state index contributed by atoms with van der Waals surface area (Å²) in [7, 11) is 0. The Balaban J connectivity index is 1.50. The Morgan fingerprint density at radius 3 is 1.07 bits per heavy atom. The zero-order chi connectivity index (χ0) is 90.4. The van der Waals surface area contributed by atoms with Gasteiger partial charge < -0.3 is 123 Å². The van der Waals surface area contributed by atoms with Crippen molar-refractivity contribution in [3.63, 3.8) is 0 Å². The van der Waals surface area contributed by atoms with Crippen LogP contribution < -0.4 is 53.2 Å². The number of carbonyl (C=O) groups excluding carboxylic acids is 15. The molecule has 39 nitrogen and oxygen atoms in total. The zero-order valence-electron chi connectivity index (χ0n) is 72.5. The van der Waals surface area contributed by atoms with Crippen molar-refractivity contribution in [2.75, 3.05) is 39.4 Å². The van der Waals surface area contributed by atoms with Gasteiger partial charge in [0.25, 0.3) is 0 Å². The minimum absolute atomic E-state index is 0.0273. The molecule has 4 aliphatic rings. The Bertz CT molecular complexity index is 3630. The lowest BCUT2D eigenvalue weighted by atomic mass is 9.90. The maximum Gasteiger partial charge on any atom is 0.329 e. The third-order valence-corrected chi connectivity index (χ3v) is 23.5. The van der Waals surface area contributed by atoms with Gasteiger partial charge in [0.15, 0.2) is 6.10 Å². The number of nitrogens with one attached hydrogen (secondary N) is 10. The Labute approximate surface area is 690 Å². The van der Waals surface area contributed by atoms with E-state index in [1.807, 2.05) is 0 Å². The van der Waals surface area contributed by atoms with Crippen LogP contribution in [0.15, 0.2) is 0 Å². The summed E-state index contributed by atoms with van der Waals surface area (Å²) in [6.07, 6.45) is -14.3. The SMILES string of the molecule is CC[C@H](C)[C@@H](NC(=O)[C@@](C)(CC)NC(=O)[C@@H]1C[C@@H](O)CN1C(=O)[C@@](C)(CC)NC(=O)[C@@](C)(CC)NC(=O)C(C)(C)NC(=O)[C@@H]1C[C@@H](O)CN1C(=O)[C@@](C)(CC)NC(=O)[C@H](CC(C)C)NC(=O)[C@@H]1C[C@@H](O)CN1C(=O)[C@](C)(CC)NC(=O)[C@H](CC(C)C)NC(=O)[C@@H]1C[C@@H](O)CN1C(=O)C(C)(C)NC(C)=O)C(=O)O[C@@H]([C@H](O)[C@H](O)CO)[C@H](O)CO. The molecule has 4 fully saturated rings. The molecule has 21 atom stereocenters. The molecule has 14 amide bonds. The van der Waals surface area contributed by atoms with Crippen LogP contribution in [0.3, 0.4) is 0 Å². The second-order valence-corrected chi connectivity index (χ2v) is 35.3. The summed E-state index contributed by atoms with van der Waals surface area (Å²) in [6, 6.07) is -9.78. The molecule has 0 unspecified atom stereocenters. The number of aliphatic hydroxyl groups is 9. The number of β-amino-alcohol motifs (C(OH)–C–C–N with tert-alkyl or cyclic N) is 4. The molecule has 39 heteroatoms. The number of hydrogen-bond acceptors (Lipinski definition) is 25. The number of carbonyl (C=O) groups is 15. The van der Waals surface area contributed by atoms with Crippen LogP contribution in [-0.4, -0.2) is 324 Å². The van der Waals surface area contributed by atoms with Gasteiger partial charge in [0.2, 0.25) is 82.7 Å². The molecule has 0 aromatic heterocycles. The van der Waals surface area contributed by atoms with Crippen molar-refractivity contribution in [1.29, 1.82) is 0 Å². The third-order valence-electron chi connectivity index (χ3n) is 23.5. The normalized spacial score (nSPS) is 24.2. The molecule has 4 rings (SSSR count). The van der Waals surface area contributed by atoms with E-state index in [1.54, 1.807) is 69.2 Å². The molecule has 19 N–H and O–H groups in total. The van der Waals surface area contributed by atoms with E-state index in [9.17, 15) is 118 Å². The predicted octanol–water partition coefficient (Wildman–Crippen LogP) is -4.36. The lowest BCUT2D eigenvalue weighted by molar-refractivity contribution is -0.181. The van der Waals surface area contributed by atoms with Crippen LogP contribution in [0.25, 0.3) is 0 Å². The minimum atomic E-state index is -2.08. The Hall–Kier alpha value is -8.31. The number of hydrogen-bond donors (Lipinski definition) is 19. The standard InChI is InChI=1S/C79H136N14O25/c1-22-42(11)56(65(110)118-58(55(102)39-95)57(103)54(101)38-94)82-67(112)75(17,23-2)87-64(109)53-33-47(100)37-93(53)72(117)79(21,27-6)89-68(113)76(18,24-3)88-66(111)73(13,14)84-63(108)52-32-46(99)36-92(52)71(116)78(20,26-5)86-60(105)49(29-41(9)10)81-62(107)51-31-45(98)35-91(51)70(115)77(19,25-4)85-59(104)48(28-40(7)8)80-61(106)50-30-44(97)34-90(50)69(114)74(15,16)83-43(12)96/h40-42,44-58,94-95,97-103H,22-39H2,1-21H3,(H,80,106)(H,81,107)(H,82,112)(H,83,96)(H,84,108)(H,85,104)(H,86,105)(H,87,109)(H,88,111)(H,89,113)/t42-,44+,45+,46+,47+,48-,49-,50-,51-,52-,53-,54+,55+,56+,57+,58+,75+,76+,77-,78+,79+/m0/s1. The van der Waals surface area contributed by atoms with E-state index >= 15 is 0 Å². The summed E-state index contributed by atoms with van der Waals surface area (Å²) in [5, 5.41) is 121. The number of ether oxygens (including phenoxy) is 1. The van der Waals surface area contributed by atoms with Crippen molar-refractivity contribution in [3.8, 4) is 0 Å². The van der Waals surface area contributed by atoms with Gasteiger partial charge in [-0.2, -0.15) is 0 Å². The maximum absolute atomic E-state index is 15.0. The first-order valence-electron chi connectivity index (χ1n) is 41.0. The monoisotopic (exact) mass is 1680 g/mol. The first-order valence-corrected chi connectivity index (χ1v) is 41.0. The number of rotatable bonds is 41. The van der Waals surface area contributed by atoms with Gasteiger partial charge in [-0.1, -0.05) is 82.6 Å². The molecule has 672 valence electrons. The van der Waals surface area contributed by atoms with Crippen molar-refractivity contribution in [2.45, 2.75) is 352 Å². The van der Waals surface area contributed by atoms with Crippen molar-refractivity contribution in [1.82, 2.24) is 72.8 Å². The fourth-order valence-corrected chi connectivity index (χ4v) is 14.7. The van der Waals surface area contributed by atoms with Gasteiger partial charge in [-0.3, -0.25) is 67.1 Å². The Morgan fingerprint density at radius 1 is 0.398 bits per heavy atom. The largest absolute Gasteiger partial charge is 0.455 e. The van der Waals surface area contributed by atoms with Crippen molar-refractivity contribution in [2.24, 2.45) is 17.8 Å². The van der Waals surface area contributed by atoms with Gasteiger partial charge in [0, 0.05) is 58.8 Å². The fourth-order valence-electron chi connectivity index (χ4n) is 14.7. The first-order chi connectivity index (χ1) is 54.4. The number of nitrogens with zero attached hydrogens (tertiary/aromatic N) is 4. The molecule has 0 aromatic rings. The number of amides is 14. The number of aliphatic hydroxyl groups excluding tert-OH is 9. The molecular weight excluding hydrogens is 1540 g/mol. The molecule has 4 saturated heterocycles. The Kier molecular flexibility index (Phi) is 36.1. The molecule has 4 heterocycles. The van der Waals surface area contributed by atoms with E-state index in [2.05, 4.69) is 53.2 Å². The van der Waals surface area contributed by atoms with Crippen molar-refractivity contribution in [3.05, 3.63) is 0 Å². The van der Waals surface area contributed by atoms with Gasteiger partial charge in [-0.15, -0.1) is 0 Å². The molecule has 4 aliphatic heterocycles. The smallest absolute Gasteiger partial charge is 0.329 e. The lowest BCUT2D eigenvalue weighted by Crippen LogP contribution is -2.69. The van der Waals surface area contributed by atoms with E-state index in [4.69, 9.17) is 4.74 Å². The Morgan fingerprint density at radius 2 is 0.729 bits per heavy atom. The highest BCUT2D eigenvalue weighted by atomic mass is 16.6. The van der Waals surface area contributed by atoms with E-state index in [0.29, 0.717) is 0 Å². The molecule has 0 radical (unpaired) electrons. The van der Waals surface area contributed by atoms with Crippen LogP contribution in [-0.2, 0) is 76.7 Å². The van der Waals surface area contributed by atoms with E-state index in [1.165, 1.54) is 76.2 Å². The van der Waals surface area contributed by atoms with E-state index in [-0.39, 0.29) is 102 Å². The second kappa shape index (κ2) is 41.8. The predicted molar refractivity (Wildman–Crippen MR) is 425 cm³/mol. The molecule has 0 bridgehead atoms. The molecule has 0 aromatic carbocycles. The average Bonchev–Trinajstić information content (AvgIpc) is 1.55. The summed E-state index contributed by atoms with van der Waals surface area (Å²) in [4.78, 5) is 219. The van der Waals surface area contributed by atoms with Crippen LogP contribution in [0, 0.1) is 17.8 Å². The van der Waals surface area contributed by atoms with Gasteiger partial charge in [-0.25, -0.2) is 4.79 Å². The molecule has 0 spiro atoms. The average molecular weight is 1680 g/mol. The molecule has 0 saturated carbocycles. The molecule has 0 aliphatic carbocycles. The van der Waals surface area contributed by atoms with Gasteiger partial charge in [0.05, 0.1) is 37.6 Å². The summed E-state index contributed by atoms with van der Waals surface area (Å²) < 4.78 is 5.33. The highest BCUT2D eigenvalue weighted by Crippen LogP contribution is 2.32. The highest BCUT2D eigenvalue weighted by Gasteiger charge is 2.54. The van der Waals surface area contributed by atoms with Gasteiger partial charge in [-0.05, 0) is 125 Å². The fraction of sp³-hybridized carbons (Fsp3) is 0.810. The summed E-state index contributed by atoms with van der Waals surface area (Å²) >= 11 is 0. The van der Waals surface area contributed by atoms with Gasteiger partial charge >= 0.3 is 5.97 Å². The van der Waals surface area contributed by atoms with E-state index < -0.39 is 251 Å². The highest BCUT2D eigenvalue weighted by molar-refractivity contribution is 6.04. The van der Waals surface area contributed by atoms with Crippen LogP contribution in [0.1, 0.15) is 222 Å². The number of esters is 1. The van der Waals surface area contributed by atoms with Gasteiger partial charge in [0.1, 0.15) is 99.4 Å². The summed E-state index contributed by atoms with van der Waals surface area (Å²) in [5.74, 6) is -14.0.